The van der Waals surface area contributed by atoms with Crippen molar-refractivity contribution in [3.63, 3.8) is 0 Å². The third-order valence-electron chi connectivity index (χ3n) is 1.81. The number of thiazole rings is 1. The van der Waals surface area contributed by atoms with Crippen LogP contribution in [0.1, 0.15) is 36.1 Å². The number of rotatable bonds is 4. The van der Waals surface area contributed by atoms with Crippen molar-refractivity contribution in [2.45, 2.75) is 33.8 Å². The number of amides is 1. The Kier molecular flexibility index (Phi) is 5.08. The maximum atomic E-state index is 11.7. The second-order valence-electron chi connectivity index (χ2n) is 3.73. The zero-order chi connectivity index (χ0) is 13.7. The van der Waals surface area contributed by atoms with Gasteiger partial charge in [0.2, 0.25) is 0 Å². The quantitative estimate of drug-likeness (QED) is 0.852. The second kappa shape index (κ2) is 6.34. The van der Waals surface area contributed by atoms with Crippen molar-refractivity contribution in [2.75, 3.05) is 11.9 Å². The molecule has 0 aliphatic rings. The van der Waals surface area contributed by atoms with E-state index in [9.17, 15) is 9.59 Å². The average molecular weight is 272 g/mol. The van der Waals surface area contributed by atoms with Crippen LogP contribution < -0.4 is 5.32 Å². The molecule has 6 nitrogen and oxygen atoms in total. The minimum atomic E-state index is -0.588. The van der Waals surface area contributed by atoms with Crippen LogP contribution in [-0.2, 0) is 9.47 Å². The number of ether oxygens (including phenoxy) is 2. The van der Waals surface area contributed by atoms with E-state index in [1.54, 1.807) is 27.7 Å². The molecule has 1 aromatic heterocycles. The fourth-order valence-electron chi connectivity index (χ4n) is 1.16. The van der Waals surface area contributed by atoms with Gasteiger partial charge >= 0.3 is 12.1 Å². The maximum absolute atomic E-state index is 11.7. The van der Waals surface area contributed by atoms with Gasteiger partial charge in [0.25, 0.3) is 0 Å². The summed E-state index contributed by atoms with van der Waals surface area (Å²) in [5, 5.41) is 2.77. The van der Waals surface area contributed by atoms with Crippen LogP contribution in [0.3, 0.4) is 0 Å². The number of hydrogen-bond donors (Lipinski definition) is 1. The lowest BCUT2D eigenvalue weighted by Gasteiger charge is -2.05. The molecular weight excluding hydrogens is 256 g/mol. The Labute approximate surface area is 109 Å². The van der Waals surface area contributed by atoms with Gasteiger partial charge in [0.1, 0.15) is 4.88 Å². The zero-order valence-electron chi connectivity index (χ0n) is 10.8. The van der Waals surface area contributed by atoms with Crippen LogP contribution >= 0.6 is 11.3 Å². The Morgan fingerprint density at radius 1 is 1.44 bits per heavy atom. The highest BCUT2D eigenvalue weighted by atomic mass is 32.1. The third kappa shape index (κ3) is 3.99. The number of esters is 1. The lowest BCUT2D eigenvalue weighted by atomic mass is 10.4. The Bertz CT molecular complexity index is 442. The highest BCUT2D eigenvalue weighted by molar-refractivity contribution is 7.17. The molecule has 1 rings (SSSR count). The molecule has 0 fully saturated rings. The first-order chi connectivity index (χ1) is 8.43. The summed E-state index contributed by atoms with van der Waals surface area (Å²) >= 11 is 1.07. The topological polar surface area (TPSA) is 77.5 Å². The second-order valence-corrected chi connectivity index (χ2v) is 4.73. The van der Waals surface area contributed by atoms with E-state index in [2.05, 4.69) is 10.3 Å². The number of anilines is 1. The van der Waals surface area contributed by atoms with Gasteiger partial charge in [-0.15, -0.1) is 0 Å². The van der Waals surface area contributed by atoms with Gasteiger partial charge in [0.05, 0.1) is 18.4 Å². The number of aromatic nitrogens is 1. The lowest BCUT2D eigenvalue weighted by molar-refractivity contribution is 0.0382. The largest absolute Gasteiger partial charge is 0.459 e. The standard InChI is InChI=1S/C11H16N2O4S/c1-5-16-11(15)13-10-12-7(4)8(18-10)9(14)17-6(2)3/h6H,5H2,1-4H3,(H,12,13,15). The molecular formula is C11H16N2O4S. The molecule has 0 aromatic carbocycles. The summed E-state index contributed by atoms with van der Waals surface area (Å²) < 4.78 is 9.79. The van der Waals surface area contributed by atoms with E-state index in [-0.39, 0.29) is 12.7 Å². The molecule has 0 saturated heterocycles. The molecule has 18 heavy (non-hydrogen) atoms. The van der Waals surface area contributed by atoms with Crippen LogP contribution in [0.25, 0.3) is 0 Å². The van der Waals surface area contributed by atoms with Gasteiger partial charge in [-0.25, -0.2) is 14.6 Å². The molecule has 0 bridgehead atoms. The SMILES string of the molecule is CCOC(=O)Nc1nc(C)c(C(=O)OC(C)C)s1. The van der Waals surface area contributed by atoms with E-state index < -0.39 is 12.1 Å². The van der Waals surface area contributed by atoms with E-state index in [1.165, 1.54) is 0 Å². The first kappa shape index (κ1) is 14.4. The Balaban J connectivity index is 2.75. The molecule has 7 heteroatoms. The van der Waals surface area contributed by atoms with Crippen molar-refractivity contribution in [1.82, 2.24) is 4.98 Å². The molecule has 0 aliphatic carbocycles. The van der Waals surface area contributed by atoms with Crippen molar-refractivity contribution in [1.29, 1.82) is 0 Å². The van der Waals surface area contributed by atoms with Gasteiger partial charge in [-0.2, -0.15) is 0 Å². The fraction of sp³-hybridized carbons (Fsp3) is 0.545. The minimum Gasteiger partial charge on any atom is -0.459 e. The Hall–Kier alpha value is -1.63. The molecule has 0 saturated carbocycles. The zero-order valence-corrected chi connectivity index (χ0v) is 11.6. The minimum absolute atomic E-state index is 0.194. The maximum Gasteiger partial charge on any atom is 0.413 e. The molecule has 1 heterocycles. The van der Waals surface area contributed by atoms with E-state index in [0.29, 0.717) is 15.7 Å². The van der Waals surface area contributed by atoms with Crippen molar-refractivity contribution in [3.8, 4) is 0 Å². The number of carbonyl (C=O) groups is 2. The summed E-state index contributed by atoms with van der Waals surface area (Å²) in [6.07, 6.45) is -0.782. The molecule has 0 spiro atoms. The molecule has 1 aromatic rings. The fourth-order valence-corrected chi connectivity index (χ4v) is 2.00. The summed E-state index contributed by atoms with van der Waals surface area (Å²) in [5.41, 5.74) is 0.525. The Morgan fingerprint density at radius 3 is 2.67 bits per heavy atom. The van der Waals surface area contributed by atoms with Crippen LogP contribution in [0.5, 0.6) is 0 Å². The summed E-state index contributed by atoms with van der Waals surface area (Å²) in [6.45, 7) is 7.21. The summed E-state index contributed by atoms with van der Waals surface area (Å²) in [7, 11) is 0. The van der Waals surface area contributed by atoms with Crippen LogP contribution in [-0.4, -0.2) is 29.8 Å². The number of nitrogens with one attached hydrogen (secondary N) is 1. The van der Waals surface area contributed by atoms with E-state index in [1.807, 2.05) is 0 Å². The normalized spacial score (nSPS) is 10.3. The molecule has 0 radical (unpaired) electrons. The Morgan fingerprint density at radius 2 is 2.11 bits per heavy atom. The molecule has 100 valence electrons. The molecule has 1 amide bonds. The smallest absolute Gasteiger partial charge is 0.413 e. The summed E-state index contributed by atoms with van der Waals surface area (Å²) in [4.78, 5) is 27.4. The summed E-state index contributed by atoms with van der Waals surface area (Å²) in [5.74, 6) is -0.433. The van der Waals surface area contributed by atoms with E-state index in [4.69, 9.17) is 9.47 Å². The number of aryl methyl sites for hydroxylation is 1. The van der Waals surface area contributed by atoms with Gasteiger partial charge in [-0.1, -0.05) is 11.3 Å². The van der Waals surface area contributed by atoms with Crippen molar-refractivity contribution in [2.24, 2.45) is 0 Å². The third-order valence-corrected chi connectivity index (χ3v) is 2.86. The highest BCUT2D eigenvalue weighted by Gasteiger charge is 2.18. The lowest BCUT2D eigenvalue weighted by Crippen LogP contribution is -2.12. The number of hydrogen-bond acceptors (Lipinski definition) is 6. The van der Waals surface area contributed by atoms with Crippen LogP contribution in [0, 0.1) is 6.92 Å². The van der Waals surface area contributed by atoms with Gasteiger partial charge in [0.15, 0.2) is 5.13 Å². The molecule has 1 N–H and O–H groups in total. The molecule has 0 atom stereocenters. The van der Waals surface area contributed by atoms with E-state index in [0.717, 1.165) is 11.3 Å². The van der Waals surface area contributed by atoms with Crippen molar-refractivity contribution < 1.29 is 19.1 Å². The number of carbonyl (C=O) groups excluding carboxylic acids is 2. The first-order valence-electron chi connectivity index (χ1n) is 5.56. The summed E-state index contributed by atoms with van der Waals surface area (Å²) in [6, 6.07) is 0. The van der Waals surface area contributed by atoms with Crippen molar-refractivity contribution in [3.05, 3.63) is 10.6 Å². The highest BCUT2D eigenvalue weighted by Crippen LogP contribution is 2.23. The first-order valence-corrected chi connectivity index (χ1v) is 6.37. The number of nitrogens with zero attached hydrogens (tertiary/aromatic N) is 1. The van der Waals surface area contributed by atoms with Crippen molar-refractivity contribution >= 4 is 28.5 Å². The average Bonchev–Trinajstić information content (AvgIpc) is 2.58. The predicted octanol–water partition coefficient (Wildman–Crippen LogP) is 2.59. The predicted molar refractivity (Wildman–Crippen MR) is 68.0 cm³/mol. The molecule has 0 unspecified atom stereocenters. The van der Waals surface area contributed by atoms with Gasteiger partial charge in [-0.3, -0.25) is 5.32 Å². The van der Waals surface area contributed by atoms with Crippen LogP contribution in [0.15, 0.2) is 0 Å². The van der Waals surface area contributed by atoms with Gasteiger partial charge in [0, 0.05) is 0 Å². The monoisotopic (exact) mass is 272 g/mol. The van der Waals surface area contributed by atoms with Crippen LogP contribution in [0.4, 0.5) is 9.93 Å². The molecule has 0 aliphatic heterocycles. The van der Waals surface area contributed by atoms with Crippen LogP contribution in [0.2, 0.25) is 0 Å². The van der Waals surface area contributed by atoms with Gasteiger partial charge < -0.3 is 9.47 Å². The van der Waals surface area contributed by atoms with E-state index >= 15 is 0 Å². The van der Waals surface area contributed by atoms with Gasteiger partial charge in [-0.05, 0) is 27.7 Å².